The molecule has 0 bridgehead atoms. The molecule has 0 radical (unpaired) electrons. The zero-order valence-electron chi connectivity index (χ0n) is 20.3. The zero-order chi connectivity index (χ0) is 25.3. The first-order valence-electron chi connectivity index (χ1n) is 11.7. The van der Waals surface area contributed by atoms with Crippen LogP contribution in [0.2, 0.25) is 5.02 Å². The van der Waals surface area contributed by atoms with Gasteiger partial charge in [-0.2, -0.15) is 0 Å². The monoisotopic (exact) mass is 508 g/mol. The van der Waals surface area contributed by atoms with Gasteiger partial charge >= 0.3 is 0 Å². The molecule has 36 heavy (non-hydrogen) atoms. The van der Waals surface area contributed by atoms with Gasteiger partial charge in [0.05, 0.1) is 9.90 Å². The molecule has 0 spiro atoms. The molecule has 1 aliphatic rings. The van der Waals surface area contributed by atoms with Gasteiger partial charge in [-0.15, -0.1) is 21.6 Å². The Kier molecular flexibility index (Phi) is 6.57. The molecule has 1 aliphatic carbocycles. The molecule has 1 heterocycles. The topological polar surface area (TPSA) is 41.8 Å². The molecule has 1 aromatic heterocycles. The Labute approximate surface area is 220 Å². The molecule has 0 N–H and O–H groups in total. The number of hydrogen-bond acceptors (Lipinski definition) is 4. The second kappa shape index (κ2) is 9.81. The van der Waals surface area contributed by atoms with E-state index in [0.717, 1.165) is 32.4 Å². The molecule has 0 saturated heterocycles. The normalized spacial score (nSPS) is 15.8. The molecule has 4 aromatic rings. The Balaban J connectivity index is 1.80. The van der Waals surface area contributed by atoms with Gasteiger partial charge in [0.1, 0.15) is 11.4 Å². The molecule has 5 heteroatoms. The summed E-state index contributed by atoms with van der Waals surface area (Å²) >= 11 is 8.01. The number of ketones is 1. The van der Waals surface area contributed by atoms with Crippen LogP contribution < -0.4 is 0 Å². The van der Waals surface area contributed by atoms with E-state index in [4.69, 9.17) is 16.7 Å². The van der Waals surface area contributed by atoms with Gasteiger partial charge in [-0.3, -0.25) is 4.79 Å². The second-order valence-corrected chi connectivity index (χ2v) is 11.0. The number of rotatable bonds is 4. The molecule has 0 amide bonds. The van der Waals surface area contributed by atoms with Gasteiger partial charge in [-0.25, -0.2) is 0 Å². The first-order chi connectivity index (χ1) is 17.3. The van der Waals surface area contributed by atoms with Crippen LogP contribution in [0, 0.1) is 5.41 Å². The van der Waals surface area contributed by atoms with Crippen molar-refractivity contribution < 1.29 is 4.79 Å². The number of azo groups is 1. The van der Waals surface area contributed by atoms with Crippen LogP contribution in [-0.2, 0) is 4.79 Å². The quantitative estimate of drug-likeness (QED) is 0.253. The molecular formula is C31H25ClN2OS. The van der Waals surface area contributed by atoms with Crippen molar-refractivity contribution in [2.75, 3.05) is 0 Å². The smallest absolute Gasteiger partial charge is 0.190 e. The SMILES string of the molecule is CC(C)(C)C1=C/C(=C(\N=Nc2ccccc2Cl)c2scc3ccccc23)C=C(c2ccccc2)C1=O. The van der Waals surface area contributed by atoms with E-state index < -0.39 is 0 Å². The molecule has 178 valence electrons. The van der Waals surface area contributed by atoms with Crippen LogP contribution in [-0.4, -0.2) is 5.78 Å². The first-order valence-corrected chi connectivity index (χ1v) is 13.0. The molecule has 0 fully saturated rings. The fourth-order valence-electron chi connectivity index (χ4n) is 4.20. The fraction of sp³-hybridized carbons (Fsp3) is 0.129. The summed E-state index contributed by atoms with van der Waals surface area (Å²) in [5.41, 5.74) is 4.09. The minimum absolute atomic E-state index is 0.0379. The molecule has 5 rings (SSSR count). The number of allylic oxidation sites excluding steroid dienone is 5. The number of fused-ring (bicyclic) bond motifs is 1. The number of nitrogens with zero attached hydrogens (tertiary/aromatic N) is 2. The predicted molar refractivity (Wildman–Crippen MR) is 152 cm³/mol. The van der Waals surface area contributed by atoms with Crippen LogP contribution >= 0.6 is 22.9 Å². The Hall–Kier alpha value is -3.60. The maximum absolute atomic E-state index is 13.6. The first kappa shape index (κ1) is 24.1. The standard InChI is InChI=1S/C31H25ClN2OS/c1-31(2,3)25-18-22(17-24(29(25)35)20-11-5-4-6-12-20)28(34-33-27-16-10-9-15-26(27)32)30-23-14-8-7-13-21(23)19-36-30/h4-19H,1-3H3/b28-22-,34-33?. The van der Waals surface area contributed by atoms with Gasteiger partial charge in [0, 0.05) is 22.1 Å². The Morgan fingerprint density at radius 3 is 2.31 bits per heavy atom. The van der Waals surface area contributed by atoms with E-state index in [9.17, 15) is 4.79 Å². The molecular weight excluding hydrogens is 484 g/mol. The number of halogens is 1. The van der Waals surface area contributed by atoms with E-state index in [-0.39, 0.29) is 11.2 Å². The third kappa shape index (κ3) is 4.75. The maximum atomic E-state index is 13.6. The van der Waals surface area contributed by atoms with Crippen LogP contribution in [0.1, 0.15) is 31.2 Å². The third-order valence-corrected chi connectivity index (χ3v) is 7.43. The summed E-state index contributed by atoms with van der Waals surface area (Å²) in [4.78, 5) is 14.6. The highest BCUT2D eigenvalue weighted by Crippen LogP contribution is 2.41. The third-order valence-electron chi connectivity index (χ3n) is 6.09. The van der Waals surface area contributed by atoms with Crippen molar-refractivity contribution in [3.05, 3.63) is 123 Å². The summed E-state index contributed by atoms with van der Waals surface area (Å²) in [5, 5.41) is 14.2. The average Bonchev–Trinajstić information content (AvgIpc) is 3.30. The number of hydrogen-bond donors (Lipinski definition) is 0. The van der Waals surface area contributed by atoms with Gasteiger partial charge in [0.2, 0.25) is 0 Å². The van der Waals surface area contributed by atoms with E-state index in [2.05, 4.69) is 43.4 Å². The molecule has 3 nitrogen and oxygen atoms in total. The maximum Gasteiger partial charge on any atom is 0.190 e. The summed E-state index contributed by atoms with van der Waals surface area (Å²) in [5.74, 6) is 0.0379. The summed E-state index contributed by atoms with van der Waals surface area (Å²) in [6.07, 6.45) is 3.92. The lowest BCUT2D eigenvalue weighted by Crippen LogP contribution is -2.21. The van der Waals surface area contributed by atoms with Crippen LogP contribution in [0.5, 0.6) is 0 Å². The Morgan fingerprint density at radius 2 is 1.56 bits per heavy atom. The number of benzene rings is 3. The second-order valence-electron chi connectivity index (χ2n) is 9.67. The molecule has 0 atom stereocenters. The highest BCUT2D eigenvalue weighted by molar-refractivity contribution is 7.12. The lowest BCUT2D eigenvalue weighted by molar-refractivity contribution is -0.111. The average molecular weight is 509 g/mol. The van der Waals surface area contributed by atoms with E-state index in [1.54, 1.807) is 17.4 Å². The molecule has 0 unspecified atom stereocenters. The zero-order valence-corrected chi connectivity index (χ0v) is 21.9. The van der Waals surface area contributed by atoms with Crippen LogP contribution in [0.25, 0.3) is 22.0 Å². The van der Waals surface area contributed by atoms with E-state index in [0.29, 0.717) is 22.0 Å². The van der Waals surface area contributed by atoms with E-state index >= 15 is 0 Å². The van der Waals surface area contributed by atoms with Gasteiger partial charge in [0.25, 0.3) is 0 Å². The lowest BCUT2D eigenvalue weighted by Gasteiger charge is -2.26. The molecule has 0 aliphatic heterocycles. The summed E-state index contributed by atoms with van der Waals surface area (Å²) < 4.78 is 0. The van der Waals surface area contributed by atoms with Gasteiger partial charge < -0.3 is 0 Å². The lowest BCUT2D eigenvalue weighted by atomic mass is 9.76. The summed E-state index contributed by atoms with van der Waals surface area (Å²) in [7, 11) is 0. The van der Waals surface area contributed by atoms with Gasteiger partial charge in [0.15, 0.2) is 5.78 Å². The van der Waals surface area contributed by atoms with Crippen molar-refractivity contribution in [3.63, 3.8) is 0 Å². The number of carbonyl (C=O) groups excluding carboxylic acids is 1. The number of carbonyl (C=O) groups is 1. The van der Waals surface area contributed by atoms with Crippen molar-refractivity contribution in [3.8, 4) is 0 Å². The van der Waals surface area contributed by atoms with Crippen LogP contribution in [0.4, 0.5) is 5.69 Å². The van der Waals surface area contributed by atoms with Gasteiger partial charge in [-0.1, -0.05) is 99.1 Å². The van der Waals surface area contributed by atoms with Crippen molar-refractivity contribution in [2.24, 2.45) is 15.6 Å². The summed E-state index contributed by atoms with van der Waals surface area (Å²) in [6, 6.07) is 25.4. The van der Waals surface area contributed by atoms with E-state index in [1.807, 2.05) is 72.8 Å². The Morgan fingerprint density at radius 1 is 0.861 bits per heavy atom. The van der Waals surface area contributed by atoms with Crippen LogP contribution in [0.15, 0.2) is 118 Å². The minimum atomic E-state index is -0.348. The van der Waals surface area contributed by atoms with Crippen LogP contribution in [0.3, 0.4) is 0 Å². The summed E-state index contributed by atoms with van der Waals surface area (Å²) in [6.45, 7) is 6.19. The number of thiophene rings is 1. The van der Waals surface area contributed by atoms with E-state index in [1.165, 1.54) is 0 Å². The molecule has 0 saturated carbocycles. The van der Waals surface area contributed by atoms with Crippen molar-refractivity contribution in [2.45, 2.75) is 20.8 Å². The van der Waals surface area contributed by atoms with Crippen molar-refractivity contribution in [1.29, 1.82) is 0 Å². The van der Waals surface area contributed by atoms with Crippen molar-refractivity contribution in [1.82, 2.24) is 0 Å². The highest BCUT2D eigenvalue weighted by Gasteiger charge is 2.31. The number of Topliss-reactive ketones (excluding diaryl/α,β-unsaturated/α-hetero) is 1. The fourth-order valence-corrected chi connectivity index (χ4v) is 5.41. The van der Waals surface area contributed by atoms with Gasteiger partial charge in [-0.05, 0) is 46.0 Å². The van der Waals surface area contributed by atoms with Crippen molar-refractivity contribution >= 4 is 56.5 Å². The molecule has 3 aromatic carbocycles. The minimum Gasteiger partial charge on any atom is -0.289 e. The largest absolute Gasteiger partial charge is 0.289 e. The predicted octanol–water partition coefficient (Wildman–Crippen LogP) is 9.69. The highest BCUT2D eigenvalue weighted by atomic mass is 35.5. The Bertz CT molecular complexity index is 1580.